The Kier molecular flexibility index (Phi) is 15.0. The third-order valence-corrected chi connectivity index (χ3v) is 16.7. The Morgan fingerprint density at radius 3 is 2.37 bits per heavy atom. The minimum Gasteiger partial charge on any atom is -0.377 e. The molecule has 1 aliphatic rings. The predicted octanol–water partition coefficient (Wildman–Crippen LogP) is 6.38. The van der Waals surface area contributed by atoms with Crippen molar-refractivity contribution in [1.82, 2.24) is 4.98 Å². The van der Waals surface area contributed by atoms with Gasteiger partial charge in [0.05, 0.1) is 6.10 Å². The molecule has 2 radical (unpaired) electrons. The minimum absolute atomic E-state index is 0.000175. The summed E-state index contributed by atoms with van der Waals surface area (Å²) in [6, 6.07) is 0. The van der Waals surface area contributed by atoms with Crippen LogP contribution in [0.4, 0.5) is 0 Å². The molecule has 0 aliphatic carbocycles. The van der Waals surface area contributed by atoms with Gasteiger partial charge in [-0.25, -0.2) is 0 Å². The summed E-state index contributed by atoms with van der Waals surface area (Å²) in [7, 11) is 1.11. The summed E-state index contributed by atoms with van der Waals surface area (Å²) in [6.45, 7) is 19.8. The first-order valence-corrected chi connectivity index (χ1v) is 21.5. The number of methoxy groups -OCH3 is 2. The molecule has 9 heteroatoms. The zero-order valence-electron chi connectivity index (χ0n) is 27.1. The summed E-state index contributed by atoms with van der Waals surface area (Å²) in [6.07, 6.45) is 11.7. The molecule has 2 heterocycles. The maximum absolute atomic E-state index is 10.4. The fourth-order valence-electron chi connectivity index (χ4n) is 6.47. The van der Waals surface area contributed by atoms with E-state index in [1.165, 1.54) is 0 Å². The molecule has 1 aromatic rings. The van der Waals surface area contributed by atoms with E-state index in [0.717, 1.165) is 15.7 Å². The summed E-state index contributed by atoms with van der Waals surface area (Å²) in [5.41, 5.74) is 2.31. The Hall–Kier alpha value is -0.754. The van der Waals surface area contributed by atoms with Gasteiger partial charge < -0.3 is 4.74 Å². The van der Waals surface area contributed by atoms with Crippen molar-refractivity contribution >= 4 is 33.2 Å². The van der Waals surface area contributed by atoms with Crippen molar-refractivity contribution in [3.63, 3.8) is 0 Å². The molecular formula is C32H55NO6SiSn. The summed E-state index contributed by atoms with van der Waals surface area (Å²) >= 11 is -0.707. The van der Waals surface area contributed by atoms with Crippen LogP contribution in [0.2, 0.25) is 21.6 Å². The van der Waals surface area contributed by atoms with Gasteiger partial charge in [0.1, 0.15) is 0 Å². The van der Waals surface area contributed by atoms with Crippen molar-refractivity contribution in [3.05, 3.63) is 48.6 Å². The van der Waals surface area contributed by atoms with Crippen LogP contribution < -0.4 is 3.71 Å². The van der Waals surface area contributed by atoms with E-state index >= 15 is 0 Å². The molecule has 0 amide bonds. The van der Waals surface area contributed by atoms with Crippen LogP contribution in [-0.2, 0) is 25.1 Å². The van der Waals surface area contributed by atoms with Crippen LogP contribution in [0.1, 0.15) is 73.6 Å². The molecule has 0 spiro atoms. The van der Waals surface area contributed by atoms with Gasteiger partial charge in [0, 0.05) is 7.11 Å². The fourth-order valence-corrected chi connectivity index (χ4v) is 13.2. The molecule has 0 bridgehead atoms. The van der Waals surface area contributed by atoms with Crippen molar-refractivity contribution in [3.8, 4) is 0 Å². The second kappa shape index (κ2) is 16.9. The molecular weight excluding hydrogens is 641 g/mol. The Bertz CT molecular complexity index is 971. The molecule has 0 saturated carbocycles. The number of aliphatic hydroxyl groups is 1. The van der Waals surface area contributed by atoms with E-state index < -0.39 is 35.2 Å². The average molecular weight is 697 g/mol. The van der Waals surface area contributed by atoms with Crippen LogP contribution in [-0.4, -0.2) is 84.5 Å². The topological polar surface area (TPSA) is 83.2 Å². The van der Waals surface area contributed by atoms with E-state index in [-0.39, 0.29) is 30.8 Å². The van der Waals surface area contributed by atoms with Gasteiger partial charge in [-0.3, -0.25) is 0 Å². The van der Waals surface area contributed by atoms with Gasteiger partial charge in [-0.05, 0) is 6.42 Å². The molecule has 1 fully saturated rings. The normalized spacial score (nSPS) is 24.1. The molecule has 1 saturated heterocycles. The first-order chi connectivity index (χ1) is 19.4. The van der Waals surface area contributed by atoms with Crippen LogP contribution >= 0.6 is 0 Å². The summed E-state index contributed by atoms with van der Waals surface area (Å²) in [4.78, 5) is 6.92. The van der Waals surface area contributed by atoms with E-state index in [2.05, 4.69) is 78.2 Å². The monoisotopic (exact) mass is 697 g/mol. The minimum atomic E-state index is -2.29. The smallest absolute Gasteiger partial charge is 0.0363 e. The summed E-state index contributed by atoms with van der Waals surface area (Å²) in [5.74, 6) is -0.337. The molecule has 41 heavy (non-hydrogen) atoms. The van der Waals surface area contributed by atoms with Gasteiger partial charge in [0.2, 0.25) is 0 Å². The van der Waals surface area contributed by atoms with E-state index in [1.54, 1.807) is 20.5 Å². The van der Waals surface area contributed by atoms with Crippen LogP contribution in [0.15, 0.2) is 47.1 Å². The molecule has 0 aromatic carbocycles. The average Bonchev–Trinajstić information content (AvgIpc) is 3.39. The van der Waals surface area contributed by atoms with Gasteiger partial charge in [-0.2, -0.15) is 0 Å². The predicted molar refractivity (Wildman–Crippen MR) is 170 cm³/mol. The number of ether oxygens (including phenoxy) is 3. The maximum atomic E-state index is 10.4. The molecule has 232 valence electrons. The number of oxazole rings is 1. The second-order valence-electron chi connectivity index (χ2n) is 12.3. The summed E-state index contributed by atoms with van der Waals surface area (Å²) in [5, 5.41) is 10.4. The summed E-state index contributed by atoms with van der Waals surface area (Å²) < 4.78 is 32.9. The molecule has 0 unspecified atom stereocenters. The van der Waals surface area contributed by atoms with Gasteiger partial charge in [0.15, 0.2) is 0 Å². The van der Waals surface area contributed by atoms with Gasteiger partial charge in [0.25, 0.3) is 0 Å². The number of nitrogens with zero attached hydrogens (tertiary/aromatic N) is 1. The first-order valence-electron chi connectivity index (χ1n) is 15.0. The van der Waals surface area contributed by atoms with Gasteiger partial charge >= 0.3 is 224 Å². The van der Waals surface area contributed by atoms with E-state index in [4.69, 9.17) is 28.0 Å². The number of hydrogen-bond donors (Lipinski definition) is 1. The third kappa shape index (κ3) is 9.62. The van der Waals surface area contributed by atoms with Crippen molar-refractivity contribution in [1.29, 1.82) is 0 Å². The first kappa shape index (κ1) is 36.4. The van der Waals surface area contributed by atoms with E-state index in [1.807, 2.05) is 6.08 Å². The molecule has 1 aliphatic heterocycles. The van der Waals surface area contributed by atoms with Crippen LogP contribution in [0, 0.1) is 5.92 Å². The molecule has 1 N–H and O–H groups in total. The van der Waals surface area contributed by atoms with Gasteiger partial charge in [-0.15, -0.1) is 6.58 Å². The molecule has 5 atom stereocenters. The zero-order valence-corrected chi connectivity index (χ0v) is 31.0. The number of aliphatic hydroxyl groups excluding tert-OH is 1. The molecule has 2 rings (SSSR count). The van der Waals surface area contributed by atoms with Gasteiger partial charge in [-0.1, -0.05) is 6.08 Å². The van der Waals surface area contributed by atoms with E-state index in [9.17, 15) is 5.11 Å². The quantitative estimate of drug-likeness (QED) is 0.115. The third-order valence-electron chi connectivity index (χ3n) is 8.51. The van der Waals surface area contributed by atoms with Crippen molar-refractivity contribution < 1.29 is 28.2 Å². The Balaban J connectivity index is 2.56. The molecule has 7 nitrogen and oxygen atoms in total. The number of aromatic nitrogens is 1. The van der Waals surface area contributed by atoms with E-state index in [0.29, 0.717) is 41.8 Å². The Morgan fingerprint density at radius 1 is 1.22 bits per heavy atom. The number of hydrogen-bond acceptors (Lipinski definition) is 7. The van der Waals surface area contributed by atoms with Crippen molar-refractivity contribution in [2.24, 2.45) is 5.92 Å². The Morgan fingerprint density at radius 2 is 1.88 bits per heavy atom. The Labute approximate surface area is 260 Å². The fraction of sp³-hybridized carbons (Fsp3) is 0.719. The maximum Gasteiger partial charge on any atom is 0.0363 e. The van der Waals surface area contributed by atoms with Crippen LogP contribution in [0.3, 0.4) is 0 Å². The number of allylic oxidation sites excluding steroid dienone is 2. The second-order valence-corrected chi connectivity index (χ2v) is 20.6. The van der Waals surface area contributed by atoms with Crippen molar-refractivity contribution in [2.75, 3.05) is 20.8 Å². The zero-order chi connectivity index (χ0) is 30.8. The van der Waals surface area contributed by atoms with Crippen LogP contribution in [0.5, 0.6) is 0 Å². The standard InChI is InChI=1S/C31H52NO6Si.CH3.Sn/c1-11-12-27(34-9)14-13-25(8)17-29(38-39(22(2)3,23(4)5)24(6)7)28-18-26(21-33)19-31(35-10,37-28)20-30-32-15-16-36-30;;/h11,13-14,16-17,22-24,26-29,33H,1,12,18-21H2,2-10H3;1H3;/b14-13+,25-17+;;/t26-,27-,28-,29-,31+;;/m1../s1. The molecule has 1 aromatic heterocycles. The largest absolute Gasteiger partial charge is 0.377 e. The van der Waals surface area contributed by atoms with Crippen LogP contribution in [0.25, 0.3) is 0 Å². The van der Waals surface area contributed by atoms with Crippen molar-refractivity contribution in [2.45, 2.75) is 120 Å². The number of rotatable bonds is 17. The SMILES string of the molecule is C=CC[C@H](/C=C/C(C)=C/[C@@H](O[Si](C(C)C)(C(C)C)C(C)C)[C@H]1C[C@@H](CO)C[C@](Cc2n[c]([Sn][CH3])co2)(OC)O1)OC.